The van der Waals surface area contributed by atoms with Crippen molar-refractivity contribution in [2.45, 2.75) is 19.4 Å². The van der Waals surface area contributed by atoms with Crippen LogP contribution in [0.25, 0.3) is 0 Å². The lowest BCUT2D eigenvalue weighted by Crippen LogP contribution is -2.32. The van der Waals surface area contributed by atoms with Crippen molar-refractivity contribution in [3.05, 3.63) is 28.2 Å². The van der Waals surface area contributed by atoms with E-state index in [9.17, 15) is 9.32 Å². The predicted molar refractivity (Wildman–Crippen MR) is 86.8 cm³/mol. The Balaban J connectivity index is 2.19. The molecule has 0 saturated carbocycles. The molecule has 0 aromatic heterocycles. The molecule has 2 atom stereocenters. The Bertz CT molecular complexity index is 442. The average Bonchev–Trinajstić information content (AvgIpc) is 2.37. The van der Waals surface area contributed by atoms with Gasteiger partial charge in [0.1, 0.15) is 18.5 Å². The lowest BCUT2D eigenvalue weighted by Gasteiger charge is -2.14. The highest BCUT2D eigenvalue weighted by molar-refractivity contribution is 9.10. The Hall–Kier alpha value is -0.430. The summed E-state index contributed by atoms with van der Waals surface area (Å²) < 4.78 is 17.3. The van der Waals surface area contributed by atoms with E-state index in [2.05, 4.69) is 21.2 Å². The van der Waals surface area contributed by atoms with Gasteiger partial charge in [0.2, 0.25) is 0 Å². The van der Waals surface area contributed by atoms with Gasteiger partial charge in [0.15, 0.2) is 0 Å². The predicted octanol–water partition coefficient (Wildman–Crippen LogP) is 1.86. The number of halogens is 1. The molecular formula is C14H22BrNO3S. The van der Waals surface area contributed by atoms with Gasteiger partial charge in [0, 0.05) is 29.4 Å². The molecule has 0 fully saturated rings. The van der Waals surface area contributed by atoms with Gasteiger partial charge in [-0.2, -0.15) is 0 Å². The first-order valence-electron chi connectivity index (χ1n) is 6.57. The minimum Gasteiger partial charge on any atom is -0.490 e. The third-order valence-electron chi connectivity index (χ3n) is 2.68. The standard InChI is InChI=1S/C14H22BrNO3S/c1-11-4-5-14(13(15)8-11)19-10-12(17)9-16-6-3-7-20(2)18/h4-5,8,12,16-17H,3,6-7,9-10H2,1-2H3. The Morgan fingerprint density at radius 3 is 2.90 bits per heavy atom. The second kappa shape index (κ2) is 9.50. The van der Waals surface area contributed by atoms with Crippen LogP contribution in [0.2, 0.25) is 0 Å². The molecule has 2 N–H and O–H groups in total. The van der Waals surface area contributed by atoms with E-state index >= 15 is 0 Å². The molecule has 0 amide bonds. The largest absolute Gasteiger partial charge is 0.490 e. The van der Waals surface area contributed by atoms with Gasteiger partial charge >= 0.3 is 0 Å². The topological polar surface area (TPSA) is 58.6 Å². The summed E-state index contributed by atoms with van der Waals surface area (Å²) in [7, 11) is -0.745. The second-order valence-electron chi connectivity index (χ2n) is 4.73. The fourth-order valence-electron chi connectivity index (χ4n) is 1.64. The highest BCUT2D eigenvalue weighted by Gasteiger charge is 2.07. The Kier molecular flexibility index (Phi) is 8.37. The number of aliphatic hydroxyl groups excluding tert-OH is 1. The van der Waals surface area contributed by atoms with Crippen LogP contribution in [0, 0.1) is 6.92 Å². The van der Waals surface area contributed by atoms with E-state index in [1.165, 1.54) is 0 Å². The minimum atomic E-state index is -0.745. The molecule has 4 nitrogen and oxygen atoms in total. The summed E-state index contributed by atoms with van der Waals surface area (Å²) in [4.78, 5) is 0. The molecule has 0 radical (unpaired) electrons. The quantitative estimate of drug-likeness (QED) is 0.657. The van der Waals surface area contributed by atoms with E-state index in [-0.39, 0.29) is 6.61 Å². The van der Waals surface area contributed by atoms with Crippen LogP contribution in [0.4, 0.5) is 0 Å². The zero-order chi connectivity index (χ0) is 15.0. The third-order valence-corrected chi connectivity index (χ3v) is 4.17. The Morgan fingerprint density at radius 2 is 2.25 bits per heavy atom. The van der Waals surface area contributed by atoms with Crippen LogP contribution in [0.5, 0.6) is 5.75 Å². The summed E-state index contributed by atoms with van der Waals surface area (Å²) in [5.41, 5.74) is 1.15. The molecule has 0 bridgehead atoms. The van der Waals surface area contributed by atoms with E-state index in [4.69, 9.17) is 4.74 Å². The normalized spacial score (nSPS) is 14.0. The fraction of sp³-hybridized carbons (Fsp3) is 0.571. The van der Waals surface area contributed by atoms with E-state index < -0.39 is 16.9 Å². The number of ether oxygens (including phenoxy) is 1. The molecule has 20 heavy (non-hydrogen) atoms. The van der Waals surface area contributed by atoms with Crippen LogP contribution in [0.15, 0.2) is 22.7 Å². The number of benzene rings is 1. The van der Waals surface area contributed by atoms with Gasteiger partial charge in [0.05, 0.1) is 4.47 Å². The van der Waals surface area contributed by atoms with Crippen LogP contribution in [-0.2, 0) is 10.8 Å². The second-order valence-corrected chi connectivity index (χ2v) is 7.14. The highest BCUT2D eigenvalue weighted by atomic mass is 79.9. The smallest absolute Gasteiger partial charge is 0.133 e. The number of hydrogen-bond acceptors (Lipinski definition) is 4. The molecular weight excluding hydrogens is 342 g/mol. The van der Waals surface area contributed by atoms with Crippen molar-refractivity contribution < 1.29 is 14.1 Å². The first kappa shape index (κ1) is 17.6. The molecule has 1 rings (SSSR count). The maximum Gasteiger partial charge on any atom is 0.133 e. The number of hydrogen-bond donors (Lipinski definition) is 2. The zero-order valence-electron chi connectivity index (χ0n) is 11.9. The van der Waals surface area contributed by atoms with E-state index in [0.29, 0.717) is 12.3 Å². The monoisotopic (exact) mass is 363 g/mol. The van der Waals surface area contributed by atoms with Crippen LogP contribution in [0.3, 0.4) is 0 Å². The minimum absolute atomic E-state index is 0.244. The summed E-state index contributed by atoms with van der Waals surface area (Å²) in [6, 6.07) is 5.83. The summed E-state index contributed by atoms with van der Waals surface area (Å²) in [5.74, 6) is 1.42. The van der Waals surface area contributed by atoms with Crippen LogP contribution < -0.4 is 10.1 Å². The number of aryl methyl sites for hydroxylation is 1. The van der Waals surface area contributed by atoms with Gasteiger partial charge in [0.25, 0.3) is 0 Å². The zero-order valence-corrected chi connectivity index (χ0v) is 14.3. The van der Waals surface area contributed by atoms with Crippen molar-refractivity contribution in [1.29, 1.82) is 0 Å². The van der Waals surface area contributed by atoms with Crippen molar-refractivity contribution >= 4 is 26.7 Å². The van der Waals surface area contributed by atoms with Gasteiger partial charge in [-0.15, -0.1) is 0 Å². The van der Waals surface area contributed by atoms with E-state index in [1.54, 1.807) is 6.26 Å². The maximum atomic E-state index is 10.9. The molecule has 0 aliphatic rings. The van der Waals surface area contributed by atoms with Crippen molar-refractivity contribution in [2.24, 2.45) is 0 Å². The van der Waals surface area contributed by atoms with Gasteiger partial charge < -0.3 is 15.2 Å². The highest BCUT2D eigenvalue weighted by Crippen LogP contribution is 2.25. The molecule has 0 saturated heterocycles. The fourth-order valence-corrected chi connectivity index (χ4v) is 2.80. The van der Waals surface area contributed by atoms with Crippen LogP contribution >= 0.6 is 15.9 Å². The van der Waals surface area contributed by atoms with Crippen molar-refractivity contribution in [3.8, 4) is 5.75 Å². The third kappa shape index (κ3) is 7.38. The number of aliphatic hydroxyl groups is 1. The maximum absolute atomic E-state index is 10.9. The van der Waals surface area contributed by atoms with Gasteiger partial charge in [-0.3, -0.25) is 4.21 Å². The molecule has 0 spiro atoms. The first-order chi connectivity index (χ1) is 9.49. The first-order valence-corrected chi connectivity index (χ1v) is 9.09. The molecule has 0 aliphatic carbocycles. The Labute approximate surface area is 131 Å². The molecule has 1 aromatic rings. The molecule has 6 heteroatoms. The molecule has 114 valence electrons. The van der Waals surface area contributed by atoms with E-state index in [1.807, 2.05) is 25.1 Å². The van der Waals surface area contributed by atoms with Gasteiger partial charge in [-0.1, -0.05) is 6.07 Å². The summed E-state index contributed by atoms with van der Waals surface area (Å²) >= 11 is 3.43. The SMILES string of the molecule is Cc1ccc(OCC(O)CNCCCS(C)=O)c(Br)c1. The molecule has 1 aromatic carbocycles. The molecule has 2 unspecified atom stereocenters. The van der Waals surface area contributed by atoms with Crippen molar-refractivity contribution in [1.82, 2.24) is 5.32 Å². The average molecular weight is 364 g/mol. The van der Waals surface area contributed by atoms with Gasteiger partial charge in [-0.05, 0) is 53.5 Å². The Morgan fingerprint density at radius 1 is 1.50 bits per heavy atom. The summed E-state index contributed by atoms with van der Waals surface area (Å²) in [6.07, 6.45) is 1.98. The number of nitrogens with one attached hydrogen (secondary N) is 1. The molecule has 0 heterocycles. The lowest BCUT2D eigenvalue weighted by atomic mass is 10.2. The van der Waals surface area contributed by atoms with Crippen molar-refractivity contribution in [3.63, 3.8) is 0 Å². The molecule has 0 aliphatic heterocycles. The summed E-state index contributed by atoms with van der Waals surface area (Å²) in [5, 5.41) is 12.9. The van der Waals surface area contributed by atoms with Crippen LogP contribution in [-0.4, -0.2) is 47.1 Å². The van der Waals surface area contributed by atoms with Gasteiger partial charge in [-0.25, -0.2) is 0 Å². The van der Waals surface area contributed by atoms with E-state index in [0.717, 1.165) is 28.8 Å². The summed E-state index contributed by atoms with van der Waals surface area (Å²) in [6.45, 7) is 3.48. The lowest BCUT2D eigenvalue weighted by molar-refractivity contribution is 0.106. The number of rotatable bonds is 9. The van der Waals surface area contributed by atoms with Crippen LogP contribution in [0.1, 0.15) is 12.0 Å². The van der Waals surface area contributed by atoms with Crippen molar-refractivity contribution in [2.75, 3.05) is 31.7 Å².